The monoisotopic (exact) mass is 225 g/mol. The number of halogens is 2. The SMILES string of the molecule is OCC1NCCC=C1c1ccc(F)cc1F. The van der Waals surface area contributed by atoms with Crippen molar-refractivity contribution in [1.82, 2.24) is 5.32 Å². The molecule has 0 bridgehead atoms. The van der Waals surface area contributed by atoms with Crippen molar-refractivity contribution in [2.45, 2.75) is 12.5 Å². The topological polar surface area (TPSA) is 32.3 Å². The number of benzene rings is 1. The molecule has 0 saturated heterocycles. The summed E-state index contributed by atoms with van der Waals surface area (Å²) in [5.74, 6) is -1.18. The molecule has 4 heteroatoms. The Balaban J connectivity index is 2.38. The van der Waals surface area contributed by atoms with Crippen molar-refractivity contribution in [3.63, 3.8) is 0 Å². The molecule has 0 radical (unpaired) electrons. The summed E-state index contributed by atoms with van der Waals surface area (Å²) >= 11 is 0. The van der Waals surface area contributed by atoms with Crippen LogP contribution in [0.2, 0.25) is 0 Å². The average molecular weight is 225 g/mol. The van der Waals surface area contributed by atoms with Gasteiger partial charge in [0.05, 0.1) is 12.6 Å². The molecule has 1 aliphatic heterocycles. The molecule has 16 heavy (non-hydrogen) atoms. The first-order valence-electron chi connectivity index (χ1n) is 5.22. The first-order chi connectivity index (χ1) is 7.72. The van der Waals surface area contributed by atoms with Crippen molar-refractivity contribution >= 4 is 5.57 Å². The lowest BCUT2D eigenvalue weighted by Gasteiger charge is -2.24. The van der Waals surface area contributed by atoms with Crippen molar-refractivity contribution in [2.75, 3.05) is 13.2 Å². The quantitative estimate of drug-likeness (QED) is 0.803. The maximum atomic E-state index is 13.6. The van der Waals surface area contributed by atoms with Gasteiger partial charge in [-0.3, -0.25) is 0 Å². The predicted molar refractivity (Wildman–Crippen MR) is 57.8 cm³/mol. The van der Waals surface area contributed by atoms with Crippen LogP contribution in [-0.4, -0.2) is 24.3 Å². The lowest BCUT2D eigenvalue weighted by Crippen LogP contribution is -2.37. The first kappa shape index (κ1) is 11.2. The van der Waals surface area contributed by atoms with E-state index < -0.39 is 11.6 Å². The van der Waals surface area contributed by atoms with Crippen LogP contribution < -0.4 is 5.32 Å². The van der Waals surface area contributed by atoms with Crippen LogP contribution in [0.3, 0.4) is 0 Å². The van der Waals surface area contributed by atoms with Gasteiger partial charge in [0.1, 0.15) is 11.6 Å². The fourth-order valence-corrected chi connectivity index (χ4v) is 1.92. The van der Waals surface area contributed by atoms with Gasteiger partial charge in [-0.15, -0.1) is 0 Å². The fraction of sp³-hybridized carbons (Fsp3) is 0.333. The van der Waals surface area contributed by atoms with Crippen molar-refractivity contribution in [3.05, 3.63) is 41.5 Å². The van der Waals surface area contributed by atoms with Gasteiger partial charge in [-0.05, 0) is 30.7 Å². The number of hydrogen-bond acceptors (Lipinski definition) is 2. The highest BCUT2D eigenvalue weighted by Crippen LogP contribution is 2.24. The zero-order valence-corrected chi connectivity index (χ0v) is 8.71. The Labute approximate surface area is 92.6 Å². The lowest BCUT2D eigenvalue weighted by molar-refractivity contribution is 0.266. The first-order valence-corrected chi connectivity index (χ1v) is 5.22. The molecule has 2 rings (SSSR count). The van der Waals surface area contributed by atoms with Gasteiger partial charge in [0.2, 0.25) is 0 Å². The number of hydrogen-bond donors (Lipinski definition) is 2. The highest BCUT2D eigenvalue weighted by Gasteiger charge is 2.20. The number of aliphatic hydroxyl groups is 1. The molecule has 0 saturated carbocycles. The molecule has 1 unspecified atom stereocenters. The summed E-state index contributed by atoms with van der Waals surface area (Å²) in [4.78, 5) is 0. The van der Waals surface area contributed by atoms with E-state index >= 15 is 0 Å². The van der Waals surface area contributed by atoms with Crippen LogP contribution in [-0.2, 0) is 0 Å². The Kier molecular flexibility index (Phi) is 3.31. The molecule has 1 aromatic carbocycles. The maximum Gasteiger partial charge on any atom is 0.133 e. The molecule has 2 N–H and O–H groups in total. The summed E-state index contributed by atoms with van der Waals surface area (Å²) in [6.45, 7) is 0.667. The van der Waals surface area contributed by atoms with Crippen molar-refractivity contribution < 1.29 is 13.9 Å². The molecule has 0 aliphatic carbocycles. The predicted octanol–water partition coefficient (Wildman–Crippen LogP) is 1.70. The van der Waals surface area contributed by atoms with Crippen LogP contribution in [0, 0.1) is 11.6 Å². The van der Waals surface area contributed by atoms with Crippen LogP contribution >= 0.6 is 0 Å². The molecule has 2 nitrogen and oxygen atoms in total. The van der Waals surface area contributed by atoms with E-state index in [2.05, 4.69) is 5.32 Å². The minimum Gasteiger partial charge on any atom is -0.394 e. The molecular weight excluding hydrogens is 212 g/mol. The Hall–Kier alpha value is -1.26. The van der Waals surface area contributed by atoms with Crippen LogP contribution in [0.1, 0.15) is 12.0 Å². The molecular formula is C12H13F2NO. The third-order valence-corrected chi connectivity index (χ3v) is 2.70. The molecule has 0 fully saturated rings. The van der Waals surface area contributed by atoms with Crippen molar-refractivity contribution in [2.24, 2.45) is 0 Å². The summed E-state index contributed by atoms with van der Waals surface area (Å²) < 4.78 is 26.3. The molecule has 1 heterocycles. The smallest absolute Gasteiger partial charge is 0.133 e. The largest absolute Gasteiger partial charge is 0.394 e. The average Bonchev–Trinajstić information content (AvgIpc) is 2.29. The van der Waals surface area contributed by atoms with Gasteiger partial charge >= 0.3 is 0 Å². The lowest BCUT2D eigenvalue weighted by atomic mass is 9.94. The van der Waals surface area contributed by atoms with Gasteiger partial charge in [-0.25, -0.2) is 8.78 Å². The third-order valence-electron chi connectivity index (χ3n) is 2.70. The van der Waals surface area contributed by atoms with Crippen LogP contribution in [0.4, 0.5) is 8.78 Å². The van der Waals surface area contributed by atoms with Crippen LogP contribution in [0.5, 0.6) is 0 Å². The Morgan fingerprint density at radius 1 is 1.38 bits per heavy atom. The summed E-state index contributed by atoms with van der Waals surface area (Å²) in [6.07, 6.45) is 2.66. The van der Waals surface area contributed by atoms with E-state index in [-0.39, 0.29) is 12.6 Å². The molecule has 0 amide bonds. The second kappa shape index (κ2) is 4.72. The van der Waals surface area contributed by atoms with Crippen molar-refractivity contribution in [3.8, 4) is 0 Å². The van der Waals surface area contributed by atoms with Gasteiger partial charge in [-0.1, -0.05) is 6.08 Å². The second-order valence-electron chi connectivity index (χ2n) is 3.76. The van der Waals surface area contributed by atoms with E-state index in [1.807, 2.05) is 6.08 Å². The Morgan fingerprint density at radius 2 is 2.19 bits per heavy atom. The molecule has 1 aliphatic rings. The Morgan fingerprint density at radius 3 is 2.88 bits per heavy atom. The number of rotatable bonds is 2. The van der Waals surface area contributed by atoms with Gasteiger partial charge in [0, 0.05) is 11.6 Å². The maximum absolute atomic E-state index is 13.6. The van der Waals surface area contributed by atoms with Gasteiger partial charge in [0.15, 0.2) is 0 Å². The second-order valence-corrected chi connectivity index (χ2v) is 3.76. The van der Waals surface area contributed by atoms with E-state index in [0.29, 0.717) is 11.1 Å². The summed E-state index contributed by atoms with van der Waals surface area (Å²) in [5, 5.41) is 12.2. The molecule has 0 spiro atoms. The minimum absolute atomic E-state index is 0.0946. The van der Waals surface area contributed by atoms with Crippen LogP contribution in [0.15, 0.2) is 24.3 Å². The number of aliphatic hydroxyl groups excluding tert-OH is 1. The highest BCUT2D eigenvalue weighted by molar-refractivity contribution is 5.70. The van der Waals surface area contributed by atoms with Gasteiger partial charge in [-0.2, -0.15) is 0 Å². The summed E-state index contributed by atoms with van der Waals surface area (Å²) in [5.41, 5.74) is 1.05. The zero-order chi connectivity index (χ0) is 11.5. The van der Waals surface area contributed by atoms with Crippen molar-refractivity contribution in [1.29, 1.82) is 0 Å². The summed E-state index contributed by atoms with van der Waals surface area (Å²) in [7, 11) is 0. The molecule has 86 valence electrons. The summed E-state index contributed by atoms with van der Waals surface area (Å²) in [6, 6.07) is 3.22. The van der Waals surface area contributed by atoms with E-state index in [4.69, 9.17) is 5.11 Å². The fourth-order valence-electron chi connectivity index (χ4n) is 1.92. The van der Waals surface area contributed by atoms with Crippen LogP contribution in [0.25, 0.3) is 5.57 Å². The number of nitrogens with one attached hydrogen (secondary N) is 1. The zero-order valence-electron chi connectivity index (χ0n) is 8.71. The normalized spacial score (nSPS) is 20.7. The van der Waals surface area contributed by atoms with Gasteiger partial charge in [0.25, 0.3) is 0 Å². The van der Waals surface area contributed by atoms with E-state index in [9.17, 15) is 8.78 Å². The minimum atomic E-state index is -0.592. The van der Waals surface area contributed by atoms with E-state index in [1.54, 1.807) is 0 Å². The Bertz CT molecular complexity index is 417. The molecule has 1 aromatic rings. The molecule has 0 aromatic heterocycles. The third kappa shape index (κ3) is 2.13. The molecule has 1 atom stereocenters. The van der Waals surface area contributed by atoms with E-state index in [0.717, 1.165) is 19.0 Å². The van der Waals surface area contributed by atoms with E-state index in [1.165, 1.54) is 12.1 Å². The highest BCUT2D eigenvalue weighted by atomic mass is 19.1. The standard InChI is InChI=1S/C12H13F2NO/c13-8-3-4-9(11(14)6-8)10-2-1-5-15-12(10)7-16/h2-4,6,12,15-16H,1,5,7H2. The van der Waals surface area contributed by atoms with Gasteiger partial charge < -0.3 is 10.4 Å².